The molecule has 0 radical (unpaired) electrons. The van der Waals surface area contributed by atoms with Gasteiger partial charge in [-0.25, -0.2) is 0 Å². The average Bonchev–Trinajstić information content (AvgIpc) is 3.33. The summed E-state index contributed by atoms with van der Waals surface area (Å²) in [5, 5.41) is 10.4. The lowest BCUT2D eigenvalue weighted by atomic mass is 9.74. The molecule has 4 atom stereocenters. The SMILES string of the molecule is CCOc1cc(C(C(C)CC)C(C#N)CCC(N)CC2Oc3ccccc3O2)c(OCC)c(OC)c1OC. The molecule has 2 N–H and O–H groups in total. The van der Waals surface area contributed by atoms with Crippen molar-refractivity contribution in [3.63, 3.8) is 0 Å². The first-order valence-electron chi connectivity index (χ1n) is 13.5. The van der Waals surface area contributed by atoms with E-state index < -0.39 is 6.29 Å². The van der Waals surface area contributed by atoms with E-state index in [-0.39, 0.29) is 23.8 Å². The van der Waals surface area contributed by atoms with Gasteiger partial charge in [-0.2, -0.15) is 5.26 Å². The molecule has 0 aliphatic carbocycles. The Hall–Kier alpha value is -3.31. The van der Waals surface area contributed by atoms with Crippen LogP contribution in [0.2, 0.25) is 0 Å². The second-order valence-corrected chi connectivity index (χ2v) is 9.56. The molecule has 1 heterocycles. The number of rotatable bonds is 15. The Morgan fingerprint density at radius 3 is 2.11 bits per heavy atom. The van der Waals surface area contributed by atoms with Crippen LogP contribution in [0, 0.1) is 23.2 Å². The Labute approximate surface area is 226 Å². The number of benzene rings is 2. The van der Waals surface area contributed by atoms with Crippen molar-refractivity contribution in [1.82, 2.24) is 0 Å². The number of ether oxygens (including phenoxy) is 6. The summed E-state index contributed by atoms with van der Waals surface area (Å²) in [6.45, 7) is 9.06. The molecule has 1 aliphatic heterocycles. The van der Waals surface area contributed by atoms with Crippen molar-refractivity contribution in [2.45, 2.75) is 71.6 Å². The fourth-order valence-electron chi connectivity index (χ4n) is 5.11. The number of nitriles is 1. The van der Waals surface area contributed by atoms with Crippen LogP contribution in [-0.4, -0.2) is 39.8 Å². The summed E-state index contributed by atoms with van der Waals surface area (Å²) in [5.74, 6) is 3.37. The molecule has 38 heavy (non-hydrogen) atoms. The van der Waals surface area contributed by atoms with Crippen LogP contribution in [0.25, 0.3) is 0 Å². The van der Waals surface area contributed by atoms with Gasteiger partial charge in [0.15, 0.2) is 23.0 Å². The number of nitrogens with two attached hydrogens (primary N) is 1. The molecule has 3 rings (SSSR count). The van der Waals surface area contributed by atoms with Crippen molar-refractivity contribution >= 4 is 0 Å². The zero-order chi connectivity index (χ0) is 27.7. The lowest BCUT2D eigenvalue weighted by molar-refractivity contribution is 0.0348. The predicted molar refractivity (Wildman–Crippen MR) is 146 cm³/mol. The Morgan fingerprint density at radius 2 is 1.58 bits per heavy atom. The highest BCUT2D eigenvalue weighted by molar-refractivity contribution is 5.64. The number of fused-ring (bicyclic) bond motifs is 1. The zero-order valence-corrected chi connectivity index (χ0v) is 23.5. The van der Waals surface area contributed by atoms with Crippen LogP contribution in [0.4, 0.5) is 0 Å². The standard InChI is InChI=1S/C30H42N2O6/c1-7-19(4)27(22-17-25(35-8-2)29(33-5)30(34-6)28(22)36-9-3)20(18-31)14-15-21(32)16-26-37-23-12-10-11-13-24(23)38-26/h10-13,17,19-21,26-27H,7-9,14-16,32H2,1-6H3. The zero-order valence-electron chi connectivity index (χ0n) is 23.5. The van der Waals surface area contributed by atoms with Crippen LogP contribution in [-0.2, 0) is 0 Å². The molecule has 4 unspecified atom stereocenters. The van der Waals surface area contributed by atoms with E-state index in [1.807, 2.05) is 44.2 Å². The Bertz CT molecular complexity index is 1060. The van der Waals surface area contributed by atoms with E-state index in [0.29, 0.717) is 55.5 Å². The second-order valence-electron chi connectivity index (χ2n) is 9.56. The Morgan fingerprint density at radius 1 is 0.947 bits per heavy atom. The largest absolute Gasteiger partial charge is 0.490 e. The fourth-order valence-corrected chi connectivity index (χ4v) is 5.11. The topological polar surface area (TPSA) is 105 Å². The van der Waals surface area contributed by atoms with Gasteiger partial charge in [0, 0.05) is 23.9 Å². The van der Waals surface area contributed by atoms with Gasteiger partial charge in [0.05, 0.1) is 39.4 Å². The molecule has 0 fully saturated rings. The van der Waals surface area contributed by atoms with Crippen molar-refractivity contribution in [3.05, 3.63) is 35.9 Å². The molecule has 8 heteroatoms. The molecule has 0 aromatic heterocycles. The molecule has 1 aliphatic rings. The molecule has 2 aromatic carbocycles. The molecule has 0 saturated carbocycles. The van der Waals surface area contributed by atoms with E-state index in [1.165, 1.54) is 0 Å². The minimum absolute atomic E-state index is 0.124. The van der Waals surface area contributed by atoms with Gasteiger partial charge in [0.25, 0.3) is 0 Å². The molecule has 0 saturated heterocycles. The number of nitrogens with zero attached hydrogens (tertiary/aromatic N) is 1. The maximum Gasteiger partial charge on any atom is 0.243 e. The first-order valence-corrected chi connectivity index (χ1v) is 13.5. The first-order chi connectivity index (χ1) is 18.4. The summed E-state index contributed by atoms with van der Waals surface area (Å²) in [7, 11) is 3.17. The smallest absolute Gasteiger partial charge is 0.243 e. The average molecular weight is 527 g/mol. The third-order valence-electron chi connectivity index (χ3n) is 7.11. The van der Waals surface area contributed by atoms with Crippen molar-refractivity contribution in [2.75, 3.05) is 27.4 Å². The van der Waals surface area contributed by atoms with E-state index in [0.717, 1.165) is 23.5 Å². The maximum atomic E-state index is 10.4. The van der Waals surface area contributed by atoms with Gasteiger partial charge in [0.2, 0.25) is 17.8 Å². The lowest BCUT2D eigenvalue weighted by Gasteiger charge is -2.31. The van der Waals surface area contributed by atoms with E-state index in [2.05, 4.69) is 19.9 Å². The summed E-state index contributed by atoms with van der Waals surface area (Å²) >= 11 is 0. The van der Waals surface area contributed by atoms with E-state index in [1.54, 1.807) is 14.2 Å². The molecule has 8 nitrogen and oxygen atoms in total. The summed E-state index contributed by atoms with van der Waals surface area (Å²) in [6, 6.07) is 12.0. The third-order valence-corrected chi connectivity index (χ3v) is 7.11. The van der Waals surface area contributed by atoms with Gasteiger partial charge in [-0.3, -0.25) is 0 Å². The molecular weight excluding hydrogens is 484 g/mol. The van der Waals surface area contributed by atoms with E-state index >= 15 is 0 Å². The fraction of sp³-hybridized carbons (Fsp3) is 0.567. The number of methoxy groups -OCH3 is 2. The van der Waals surface area contributed by atoms with Crippen LogP contribution >= 0.6 is 0 Å². The normalized spacial score (nSPS) is 15.7. The molecule has 0 spiro atoms. The third kappa shape index (κ3) is 6.57. The quantitative estimate of drug-likeness (QED) is 0.298. The van der Waals surface area contributed by atoms with Gasteiger partial charge >= 0.3 is 0 Å². The second kappa shape index (κ2) is 14.0. The van der Waals surface area contributed by atoms with Crippen LogP contribution < -0.4 is 34.2 Å². The monoisotopic (exact) mass is 526 g/mol. The molecule has 0 bridgehead atoms. The van der Waals surface area contributed by atoms with E-state index in [9.17, 15) is 5.26 Å². The van der Waals surface area contributed by atoms with Crippen molar-refractivity contribution < 1.29 is 28.4 Å². The van der Waals surface area contributed by atoms with Gasteiger partial charge in [0.1, 0.15) is 0 Å². The van der Waals surface area contributed by atoms with Crippen LogP contribution in [0.5, 0.6) is 34.5 Å². The van der Waals surface area contributed by atoms with Gasteiger partial charge < -0.3 is 34.2 Å². The van der Waals surface area contributed by atoms with E-state index in [4.69, 9.17) is 34.2 Å². The van der Waals surface area contributed by atoms with Crippen molar-refractivity contribution in [3.8, 4) is 40.6 Å². The Balaban J connectivity index is 1.86. The Kier molecular flexibility index (Phi) is 10.8. The van der Waals surface area contributed by atoms with Gasteiger partial charge in [-0.15, -0.1) is 0 Å². The predicted octanol–water partition coefficient (Wildman–Crippen LogP) is 6.07. The van der Waals surface area contributed by atoms with Gasteiger partial charge in [-0.1, -0.05) is 32.4 Å². The first kappa shape index (κ1) is 29.2. The van der Waals surface area contributed by atoms with Crippen molar-refractivity contribution in [2.24, 2.45) is 17.6 Å². The summed E-state index contributed by atoms with van der Waals surface area (Å²) in [4.78, 5) is 0. The minimum Gasteiger partial charge on any atom is -0.490 e. The molecule has 208 valence electrons. The minimum atomic E-state index is -0.419. The molecular formula is C30H42N2O6. The number of hydrogen-bond acceptors (Lipinski definition) is 8. The highest BCUT2D eigenvalue weighted by Gasteiger charge is 2.35. The summed E-state index contributed by atoms with van der Waals surface area (Å²) < 4.78 is 35.2. The van der Waals surface area contributed by atoms with Gasteiger partial charge in [-0.05, 0) is 50.8 Å². The maximum absolute atomic E-state index is 10.4. The van der Waals surface area contributed by atoms with Crippen LogP contribution in [0.1, 0.15) is 64.9 Å². The molecule has 2 aromatic rings. The highest BCUT2D eigenvalue weighted by atomic mass is 16.7. The molecule has 0 amide bonds. The van der Waals surface area contributed by atoms with Crippen LogP contribution in [0.15, 0.2) is 30.3 Å². The number of para-hydroxylation sites is 2. The van der Waals surface area contributed by atoms with Crippen LogP contribution in [0.3, 0.4) is 0 Å². The van der Waals surface area contributed by atoms with Crippen molar-refractivity contribution in [1.29, 1.82) is 5.26 Å². The number of hydrogen-bond donors (Lipinski definition) is 1. The highest BCUT2D eigenvalue weighted by Crippen LogP contribution is 2.52. The summed E-state index contributed by atoms with van der Waals surface area (Å²) in [6.07, 6.45) is 2.28. The summed E-state index contributed by atoms with van der Waals surface area (Å²) in [5.41, 5.74) is 7.40. The lowest BCUT2D eigenvalue weighted by Crippen LogP contribution is -2.31.